The maximum atomic E-state index is 12.7. The Morgan fingerprint density at radius 1 is 0.548 bits per heavy atom. The van der Waals surface area contributed by atoms with Gasteiger partial charge in [-0.3, -0.25) is 14.4 Å². The first-order valence-electron chi connectivity index (χ1n) is 17.2. The van der Waals surface area contributed by atoms with Crippen molar-refractivity contribution < 1.29 is 33.8 Å². The summed E-state index contributed by atoms with van der Waals surface area (Å²) in [7, 11) is 0. The van der Waals surface area contributed by atoms with Crippen LogP contribution in [-0.2, 0) is 28.7 Å². The van der Waals surface area contributed by atoms with Crippen molar-refractivity contribution in [1.82, 2.24) is 5.32 Å². The summed E-state index contributed by atoms with van der Waals surface area (Å²) in [5.74, 6) is -2.46. The smallest absolute Gasteiger partial charge is 0.329 e. The lowest BCUT2D eigenvalue weighted by atomic mass is 10.1. The largest absolute Gasteiger partial charge is 0.481 e. The molecule has 0 aliphatic rings. The predicted octanol–water partition coefficient (Wildman–Crippen LogP) is 8.43. The van der Waals surface area contributed by atoms with Crippen LogP contribution in [0.2, 0.25) is 0 Å². The van der Waals surface area contributed by atoms with Crippen LogP contribution in [0.1, 0.15) is 174 Å². The first-order chi connectivity index (χ1) is 20.4. The van der Waals surface area contributed by atoms with E-state index < -0.39 is 29.9 Å². The normalized spacial score (nSPS) is 11.7. The van der Waals surface area contributed by atoms with E-state index in [1.165, 1.54) is 89.9 Å². The molecule has 0 unspecified atom stereocenters. The summed E-state index contributed by atoms with van der Waals surface area (Å²) < 4.78 is 10.8. The summed E-state index contributed by atoms with van der Waals surface area (Å²) in [5.41, 5.74) is 0. The number of aliphatic carboxylic acids is 1. The zero-order valence-electron chi connectivity index (χ0n) is 27.1. The lowest BCUT2D eigenvalue weighted by molar-refractivity contribution is -0.154. The molecular weight excluding hydrogens is 534 g/mol. The number of unbranched alkanes of at least 4 members (excludes halogenated alkanes) is 19. The number of hydrogen-bond acceptors (Lipinski definition) is 6. The maximum absolute atomic E-state index is 12.7. The summed E-state index contributed by atoms with van der Waals surface area (Å²) in [6.07, 6.45) is 24.2. The average molecular weight is 598 g/mol. The third-order valence-corrected chi connectivity index (χ3v) is 7.54. The number of carbonyl (C=O) groups is 4. The molecule has 0 fully saturated rings. The Bertz CT molecular complexity index is 683. The van der Waals surface area contributed by atoms with Crippen molar-refractivity contribution in [2.75, 3.05) is 13.2 Å². The van der Waals surface area contributed by atoms with Crippen LogP contribution in [0.25, 0.3) is 0 Å². The molecule has 0 rings (SSSR count). The zero-order valence-corrected chi connectivity index (χ0v) is 27.1. The van der Waals surface area contributed by atoms with Crippen LogP contribution in [0.5, 0.6) is 0 Å². The third-order valence-electron chi connectivity index (χ3n) is 7.54. The molecule has 0 aromatic rings. The van der Waals surface area contributed by atoms with Gasteiger partial charge in [-0.05, 0) is 25.7 Å². The molecule has 0 bridgehead atoms. The summed E-state index contributed by atoms with van der Waals surface area (Å²) >= 11 is 0. The molecule has 42 heavy (non-hydrogen) atoms. The van der Waals surface area contributed by atoms with Gasteiger partial charge in [-0.25, -0.2) is 4.79 Å². The van der Waals surface area contributed by atoms with E-state index >= 15 is 0 Å². The van der Waals surface area contributed by atoms with Gasteiger partial charge in [0.2, 0.25) is 5.91 Å². The van der Waals surface area contributed by atoms with Crippen LogP contribution >= 0.6 is 0 Å². The Hall–Kier alpha value is -2.12. The first-order valence-corrected chi connectivity index (χ1v) is 17.2. The number of hydrogen-bond donors (Lipinski definition) is 2. The minimum atomic E-state index is -1.10. The van der Waals surface area contributed by atoms with E-state index in [0.29, 0.717) is 19.4 Å². The Morgan fingerprint density at radius 2 is 0.952 bits per heavy atom. The van der Waals surface area contributed by atoms with Gasteiger partial charge in [-0.15, -0.1) is 0 Å². The van der Waals surface area contributed by atoms with Gasteiger partial charge in [0, 0.05) is 12.8 Å². The van der Waals surface area contributed by atoms with E-state index in [2.05, 4.69) is 19.2 Å². The third kappa shape index (κ3) is 28.0. The van der Waals surface area contributed by atoms with E-state index in [0.717, 1.165) is 38.5 Å². The monoisotopic (exact) mass is 597 g/mol. The van der Waals surface area contributed by atoms with Gasteiger partial charge >= 0.3 is 17.9 Å². The fraction of sp³-hybridized carbons (Fsp3) is 0.882. The zero-order chi connectivity index (χ0) is 31.1. The quantitative estimate of drug-likeness (QED) is 0.0608. The van der Waals surface area contributed by atoms with Crippen molar-refractivity contribution in [2.24, 2.45) is 0 Å². The molecule has 2 N–H and O–H groups in total. The lowest BCUT2D eigenvalue weighted by Crippen LogP contribution is -2.43. The SMILES string of the molecule is CCCCCCCCCCCCOC(=O)C[C@H](NC(=O)CCCCC(=O)O)C(=O)OCCCCCCCCCCCC. The minimum absolute atomic E-state index is 0.0110. The first kappa shape index (κ1) is 39.9. The van der Waals surface area contributed by atoms with Crippen molar-refractivity contribution in [1.29, 1.82) is 0 Å². The highest BCUT2D eigenvalue weighted by Crippen LogP contribution is 2.12. The molecule has 0 saturated heterocycles. The van der Waals surface area contributed by atoms with Crippen molar-refractivity contribution >= 4 is 23.8 Å². The van der Waals surface area contributed by atoms with E-state index in [1.807, 2.05) is 0 Å². The standard InChI is InChI=1S/C34H63NO7/c1-3-5-7-9-11-13-15-17-19-23-27-41-33(39)29-30(35-31(36)25-21-22-26-32(37)38)34(40)42-28-24-20-18-16-14-12-10-8-6-4-2/h30H,3-29H2,1-2H3,(H,35,36)(H,37,38)/t30-/m0/s1. The molecule has 0 saturated carbocycles. The van der Waals surface area contributed by atoms with Crippen LogP contribution in [-0.4, -0.2) is 48.2 Å². The number of esters is 2. The highest BCUT2D eigenvalue weighted by Gasteiger charge is 2.26. The lowest BCUT2D eigenvalue weighted by Gasteiger charge is -2.17. The topological polar surface area (TPSA) is 119 Å². The predicted molar refractivity (Wildman–Crippen MR) is 168 cm³/mol. The van der Waals surface area contributed by atoms with E-state index in [-0.39, 0.29) is 25.9 Å². The van der Waals surface area contributed by atoms with Gasteiger partial charge in [0.25, 0.3) is 0 Å². The highest BCUT2D eigenvalue weighted by molar-refractivity contribution is 5.88. The van der Waals surface area contributed by atoms with Crippen LogP contribution in [0.15, 0.2) is 0 Å². The summed E-state index contributed by atoms with van der Waals surface area (Å²) in [6.45, 7) is 5.01. The number of carboxylic acids is 1. The molecule has 0 spiro atoms. The molecule has 8 heteroatoms. The fourth-order valence-corrected chi connectivity index (χ4v) is 4.89. The molecule has 0 aliphatic heterocycles. The van der Waals surface area contributed by atoms with Crippen LogP contribution < -0.4 is 5.32 Å². The number of amides is 1. The molecule has 0 heterocycles. The average Bonchev–Trinajstić information content (AvgIpc) is 2.96. The van der Waals surface area contributed by atoms with Gasteiger partial charge in [0.1, 0.15) is 6.04 Å². The molecule has 1 amide bonds. The number of rotatable bonds is 31. The molecule has 0 radical (unpaired) electrons. The highest BCUT2D eigenvalue weighted by atomic mass is 16.5. The second kappa shape index (κ2) is 30.3. The number of nitrogens with one attached hydrogen (secondary N) is 1. The number of carboxylic acid groups (broad SMARTS) is 1. The Kier molecular flexibility index (Phi) is 28.8. The summed E-state index contributed by atoms with van der Waals surface area (Å²) in [4.78, 5) is 48.2. The molecule has 0 aromatic heterocycles. The summed E-state index contributed by atoms with van der Waals surface area (Å²) in [6, 6.07) is -1.10. The molecule has 246 valence electrons. The maximum Gasteiger partial charge on any atom is 0.329 e. The Morgan fingerprint density at radius 3 is 1.40 bits per heavy atom. The molecule has 8 nitrogen and oxygen atoms in total. The molecule has 0 aliphatic carbocycles. The van der Waals surface area contributed by atoms with Crippen molar-refractivity contribution in [3.05, 3.63) is 0 Å². The number of ether oxygens (including phenoxy) is 2. The van der Waals surface area contributed by atoms with Gasteiger partial charge in [0.15, 0.2) is 0 Å². The Labute approximate surface area is 256 Å². The Balaban J connectivity index is 4.32. The molecule has 1 atom stereocenters. The summed E-state index contributed by atoms with van der Waals surface area (Å²) in [5, 5.41) is 11.4. The minimum Gasteiger partial charge on any atom is -0.481 e. The van der Waals surface area contributed by atoms with Gasteiger partial charge in [0.05, 0.1) is 19.6 Å². The van der Waals surface area contributed by atoms with Crippen LogP contribution in [0, 0.1) is 0 Å². The van der Waals surface area contributed by atoms with E-state index in [9.17, 15) is 19.2 Å². The molecule has 0 aromatic carbocycles. The van der Waals surface area contributed by atoms with Gasteiger partial charge in [-0.1, -0.05) is 129 Å². The van der Waals surface area contributed by atoms with E-state index in [4.69, 9.17) is 14.6 Å². The van der Waals surface area contributed by atoms with Crippen molar-refractivity contribution in [3.8, 4) is 0 Å². The van der Waals surface area contributed by atoms with Gasteiger partial charge < -0.3 is 19.9 Å². The van der Waals surface area contributed by atoms with Crippen molar-refractivity contribution in [3.63, 3.8) is 0 Å². The fourth-order valence-electron chi connectivity index (χ4n) is 4.89. The second-order valence-electron chi connectivity index (χ2n) is 11.7. The number of carbonyl (C=O) groups excluding carboxylic acids is 3. The van der Waals surface area contributed by atoms with Gasteiger partial charge in [-0.2, -0.15) is 0 Å². The molecular formula is C34H63NO7. The van der Waals surface area contributed by atoms with Crippen molar-refractivity contribution in [2.45, 2.75) is 180 Å². The second-order valence-corrected chi connectivity index (χ2v) is 11.7. The van der Waals surface area contributed by atoms with Crippen LogP contribution in [0.4, 0.5) is 0 Å². The van der Waals surface area contributed by atoms with E-state index in [1.54, 1.807) is 0 Å². The van der Waals surface area contributed by atoms with Crippen LogP contribution in [0.3, 0.4) is 0 Å².